The average molecular weight is 471 g/mol. The zero-order valence-corrected chi connectivity index (χ0v) is 24.0. The predicted molar refractivity (Wildman–Crippen MR) is 142 cm³/mol. The Morgan fingerprint density at radius 1 is 0.912 bits per heavy atom. The second-order valence-electron chi connectivity index (χ2n) is 14.6. The van der Waals surface area contributed by atoms with Crippen molar-refractivity contribution < 1.29 is 9.53 Å². The Labute approximate surface area is 211 Å². The number of rotatable bonds is 6. The van der Waals surface area contributed by atoms with Crippen LogP contribution < -0.4 is 0 Å². The number of carbonyl (C=O) groups is 1. The smallest absolute Gasteiger partial charge is 0.302 e. The number of carbonyl (C=O) groups excluding carboxylic acids is 1. The Morgan fingerprint density at radius 2 is 1.62 bits per heavy atom. The number of ether oxygens (including phenoxy) is 1. The summed E-state index contributed by atoms with van der Waals surface area (Å²) in [5, 5.41) is 0. The van der Waals surface area contributed by atoms with Gasteiger partial charge in [0.25, 0.3) is 0 Å². The minimum absolute atomic E-state index is 0.0436. The lowest BCUT2D eigenvalue weighted by Gasteiger charge is -2.62. The first-order chi connectivity index (χ1) is 15.8. The van der Waals surface area contributed by atoms with Crippen molar-refractivity contribution in [2.75, 3.05) is 0 Å². The maximum Gasteiger partial charge on any atom is 0.302 e. The van der Waals surface area contributed by atoms with E-state index in [0.29, 0.717) is 16.7 Å². The first-order valence-corrected chi connectivity index (χ1v) is 14.7. The molecule has 4 rings (SSSR count). The van der Waals surface area contributed by atoms with Gasteiger partial charge in [0.2, 0.25) is 0 Å². The summed E-state index contributed by atoms with van der Waals surface area (Å²) in [5.74, 6) is 3.04. The van der Waals surface area contributed by atoms with Gasteiger partial charge in [-0.3, -0.25) is 4.79 Å². The molecule has 2 fully saturated rings. The number of allylic oxidation sites excluding steroid dienone is 2. The third-order valence-corrected chi connectivity index (χ3v) is 12.2. The van der Waals surface area contributed by atoms with Crippen LogP contribution in [0.3, 0.4) is 0 Å². The molecule has 2 saturated carbocycles. The molecule has 0 bridgehead atoms. The fraction of sp³-hybridized carbons (Fsp3) is 0.906. The van der Waals surface area contributed by atoms with Crippen molar-refractivity contribution in [1.29, 1.82) is 0 Å². The van der Waals surface area contributed by atoms with Crippen molar-refractivity contribution in [2.24, 2.45) is 45.3 Å². The standard InChI is InChI=1S/C32H54O2/c1-21(2)11-10-12-22(3)24-15-19-32(9)26-13-14-27-29(5,6)28(34-23(4)33)17-18-30(27,7)25(26)16-20-31(24,32)8/h21-22,24,27-28H,10-20H2,1-9H3/t22-,24-,27+,28+,30-,31-,32+/m1/s1. The second kappa shape index (κ2) is 8.95. The van der Waals surface area contributed by atoms with E-state index < -0.39 is 0 Å². The number of hydrogen-bond acceptors (Lipinski definition) is 2. The molecular weight excluding hydrogens is 416 g/mol. The van der Waals surface area contributed by atoms with Gasteiger partial charge in [-0.05, 0) is 91.3 Å². The summed E-state index contributed by atoms with van der Waals surface area (Å²) >= 11 is 0. The van der Waals surface area contributed by atoms with E-state index in [4.69, 9.17) is 4.74 Å². The van der Waals surface area contributed by atoms with Crippen LogP contribution in [0, 0.1) is 45.3 Å². The summed E-state index contributed by atoms with van der Waals surface area (Å²) in [6.45, 7) is 21.6. The van der Waals surface area contributed by atoms with Gasteiger partial charge in [0.05, 0.1) is 0 Å². The lowest BCUT2D eigenvalue weighted by molar-refractivity contribution is -0.167. The van der Waals surface area contributed by atoms with Gasteiger partial charge in [-0.25, -0.2) is 0 Å². The SMILES string of the molecule is CC(=O)O[C@H]1CC[C@]2(C)C3=C(CC[C@H]2C1(C)C)[C@]1(C)CC[C@H]([C@H](C)CCCC(C)C)[C@@]1(C)CC3. The predicted octanol–water partition coefficient (Wildman–Crippen LogP) is 9.13. The number of fused-ring (bicyclic) bond motifs is 4. The zero-order valence-electron chi connectivity index (χ0n) is 24.0. The molecule has 0 aromatic carbocycles. The molecule has 0 aromatic heterocycles. The number of esters is 1. The third kappa shape index (κ3) is 3.92. The molecule has 0 N–H and O–H groups in total. The van der Waals surface area contributed by atoms with Crippen LogP contribution in [0.1, 0.15) is 133 Å². The Morgan fingerprint density at radius 3 is 2.26 bits per heavy atom. The summed E-state index contributed by atoms with van der Waals surface area (Å²) in [6, 6.07) is 0. The lowest BCUT2D eigenvalue weighted by atomic mass is 9.43. The minimum atomic E-state index is -0.113. The van der Waals surface area contributed by atoms with Crippen LogP contribution >= 0.6 is 0 Å². The van der Waals surface area contributed by atoms with E-state index in [0.717, 1.165) is 24.2 Å². The van der Waals surface area contributed by atoms with Gasteiger partial charge in [-0.15, -0.1) is 0 Å². The van der Waals surface area contributed by atoms with Crippen molar-refractivity contribution in [1.82, 2.24) is 0 Å². The molecule has 4 aliphatic carbocycles. The van der Waals surface area contributed by atoms with E-state index in [1.807, 2.05) is 11.1 Å². The minimum Gasteiger partial charge on any atom is -0.462 e. The molecule has 7 atom stereocenters. The van der Waals surface area contributed by atoms with E-state index in [1.54, 1.807) is 6.92 Å². The highest BCUT2D eigenvalue weighted by molar-refractivity contribution is 5.66. The molecule has 0 radical (unpaired) electrons. The van der Waals surface area contributed by atoms with Crippen LogP contribution in [0.5, 0.6) is 0 Å². The van der Waals surface area contributed by atoms with E-state index in [1.165, 1.54) is 64.2 Å². The summed E-state index contributed by atoms with van der Waals surface area (Å²) in [7, 11) is 0. The van der Waals surface area contributed by atoms with Crippen molar-refractivity contribution in [3.8, 4) is 0 Å². The molecule has 4 aliphatic rings. The Hall–Kier alpha value is -0.790. The topological polar surface area (TPSA) is 26.3 Å². The van der Waals surface area contributed by atoms with Crippen molar-refractivity contribution in [3.63, 3.8) is 0 Å². The summed E-state index contributed by atoms with van der Waals surface area (Å²) < 4.78 is 5.87. The highest BCUT2D eigenvalue weighted by Crippen LogP contribution is 2.72. The first kappa shape index (κ1) is 26.3. The van der Waals surface area contributed by atoms with Gasteiger partial charge in [0.1, 0.15) is 6.10 Å². The molecule has 0 aliphatic heterocycles. The van der Waals surface area contributed by atoms with E-state index >= 15 is 0 Å². The van der Waals surface area contributed by atoms with Crippen LogP contribution in [0.4, 0.5) is 0 Å². The van der Waals surface area contributed by atoms with Gasteiger partial charge in [0, 0.05) is 12.3 Å². The van der Waals surface area contributed by atoms with Crippen molar-refractivity contribution in [3.05, 3.63) is 11.1 Å². The zero-order chi connectivity index (χ0) is 25.1. The summed E-state index contributed by atoms with van der Waals surface area (Å²) in [6.07, 6.45) is 14.5. The molecule has 2 heteroatoms. The molecule has 0 saturated heterocycles. The highest BCUT2D eigenvalue weighted by Gasteiger charge is 2.63. The van der Waals surface area contributed by atoms with Gasteiger partial charge in [0.15, 0.2) is 0 Å². The molecule has 0 heterocycles. The van der Waals surface area contributed by atoms with Gasteiger partial charge in [-0.2, -0.15) is 0 Å². The summed E-state index contributed by atoms with van der Waals surface area (Å²) in [4.78, 5) is 11.8. The van der Waals surface area contributed by atoms with Crippen LogP contribution in [-0.2, 0) is 9.53 Å². The van der Waals surface area contributed by atoms with Gasteiger partial charge < -0.3 is 4.74 Å². The van der Waals surface area contributed by atoms with Crippen LogP contribution in [0.25, 0.3) is 0 Å². The Balaban J connectivity index is 1.61. The largest absolute Gasteiger partial charge is 0.462 e. The number of hydrogen-bond donors (Lipinski definition) is 0. The average Bonchev–Trinajstić information content (AvgIpc) is 3.01. The summed E-state index contributed by atoms with van der Waals surface area (Å²) in [5.41, 5.74) is 4.87. The molecular formula is C32H54O2. The van der Waals surface area contributed by atoms with Crippen molar-refractivity contribution >= 4 is 5.97 Å². The third-order valence-electron chi connectivity index (χ3n) is 12.2. The van der Waals surface area contributed by atoms with Gasteiger partial charge in [-0.1, -0.05) is 85.8 Å². The maximum atomic E-state index is 11.8. The van der Waals surface area contributed by atoms with Gasteiger partial charge >= 0.3 is 5.97 Å². The second-order valence-corrected chi connectivity index (χ2v) is 14.6. The van der Waals surface area contributed by atoms with E-state index in [9.17, 15) is 4.79 Å². The fourth-order valence-corrected chi connectivity index (χ4v) is 10.1. The molecule has 0 amide bonds. The normalized spacial score (nSPS) is 42.1. The lowest BCUT2D eigenvalue weighted by Crippen LogP contribution is -2.55. The van der Waals surface area contributed by atoms with Crippen LogP contribution in [0.2, 0.25) is 0 Å². The molecule has 2 nitrogen and oxygen atoms in total. The van der Waals surface area contributed by atoms with Crippen molar-refractivity contribution in [2.45, 2.75) is 139 Å². The van der Waals surface area contributed by atoms with Crippen LogP contribution in [-0.4, -0.2) is 12.1 Å². The quantitative estimate of drug-likeness (QED) is 0.286. The Kier molecular flexibility index (Phi) is 6.92. The van der Waals surface area contributed by atoms with E-state index in [2.05, 4.69) is 55.4 Å². The Bertz CT molecular complexity index is 821. The molecule has 34 heavy (non-hydrogen) atoms. The fourth-order valence-electron chi connectivity index (χ4n) is 10.1. The molecule has 0 unspecified atom stereocenters. The highest BCUT2D eigenvalue weighted by atomic mass is 16.5. The molecule has 194 valence electrons. The molecule has 0 spiro atoms. The maximum absolute atomic E-state index is 11.8. The first-order valence-electron chi connectivity index (χ1n) is 14.7. The monoisotopic (exact) mass is 470 g/mol. The van der Waals surface area contributed by atoms with Crippen LogP contribution in [0.15, 0.2) is 11.1 Å². The molecule has 0 aromatic rings. The van der Waals surface area contributed by atoms with E-state index in [-0.39, 0.29) is 22.9 Å².